The van der Waals surface area contributed by atoms with Crippen molar-refractivity contribution in [3.8, 4) is 5.75 Å². The van der Waals surface area contributed by atoms with Gasteiger partial charge in [0.15, 0.2) is 0 Å². The van der Waals surface area contributed by atoms with Crippen molar-refractivity contribution in [3.63, 3.8) is 0 Å². The van der Waals surface area contributed by atoms with Crippen LogP contribution < -0.4 is 10.6 Å². The van der Waals surface area contributed by atoms with Crippen LogP contribution >= 0.6 is 27.2 Å². The molecule has 2 aromatic carbocycles. The van der Waals surface area contributed by atoms with Crippen LogP contribution in [0.25, 0.3) is 0 Å². The summed E-state index contributed by atoms with van der Waals surface area (Å²) in [6, 6.07) is 12.4. The number of hydrogen-bond donors (Lipinski definition) is 1. The van der Waals surface area contributed by atoms with E-state index >= 15 is 0 Å². The Balaban J connectivity index is 0.000000816. The first-order chi connectivity index (χ1) is 10.9. The van der Waals surface area contributed by atoms with Crippen molar-refractivity contribution in [2.24, 2.45) is 0 Å². The van der Waals surface area contributed by atoms with E-state index in [0.29, 0.717) is 14.3 Å². The quantitative estimate of drug-likeness (QED) is 0.612. The Labute approximate surface area is 157 Å². The molecule has 0 aromatic heterocycles. The fourth-order valence-corrected chi connectivity index (χ4v) is 3.64. The first-order valence-corrected chi connectivity index (χ1v) is 12.5. The van der Waals surface area contributed by atoms with Crippen LogP contribution in [0.4, 0.5) is 0 Å². The van der Waals surface area contributed by atoms with Crippen molar-refractivity contribution in [2.45, 2.75) is 20.4 Å². The molecule has 0 aliphatic heterocycles. The van der Waals surface area contributed by atoms with Gasteiger partial charge in [-0.15, -0.1) is 0 Å². The molecule has 1 unspecified atom stereocenters. The molecule has 0 amide bonds. The number of phenolic OH excluding ortho intramolecular Hbond substituents is 1. The molecule has 0 spiro atoms. The molecule has 2 rings (SSSR count). The molecule has 0 bridgehead atoms. The van der Waals surface area contributed by atoms with E-state index in [1.54, 1.807) is 0 Å². The first kappa shape index (κ1) is 21.0. The van der Waals surface area contributed by atoms with Gasteiger partial charge in [0.25, 0.3) is 0 Å². The van der Waals surface area contributed by atoms with E-state index in [9.17, 15) is 5.11 Å². The summed E-state index contributed by atoms with van der Waals surface area (Å²) in [5.41, 5.74) is 3.58. The van der Waals surface area contributed by atoms with Crippen LogP contribution in [0, 0.1) is 13.8 Å². The van der Waals surface area contributed by atoms with E-state index in [-0.39, 0.29) is 0 Å². The van der Waals surface area contributed by atoms with Crippen LogP contribution in [-0.2, 0) is 23.6 Å². The Morgan fingerprint density at radius 3 is 2.22 bits per heavy atom. The molecule has 0 heterocycles. The van der Waals surface area contributed by atoms with Crippen LogP contribution in [0.1, 0.15) is 16.7 Å². The molecule has 0 fully saturated rings. The third kappa shape index (κ3) is 6.74. The van der Waals surface area contributed by atoms with Gasteiger partial charge in [0.2, 0.25) is 0 Å². The Morgan fingerprint density at radius 2 is 1.61 bits per heavy atom. The zero-order chi connectivity index (χ0) is 17.4. The summed E-state index contributed by atoms with van der Waals surface area (Å²) in [4.78, 5) is 2.18. The normalized spacial score (nSPS) is 10.7. The van der Waals surface area contributed by atoms with Gasteiger partial charge in [-0.2, -0.15) is 0 Å². The molecule has 1 atom stereocenters. The van der Waals surface area contributed by atoms with Gasteiger partial charge in [0.1, 0.15) is 5.75 Å². The molecule has 0 aliphatic rings. The summed E-state index contributed by atoms with van der Waals surface area (Å²) in [7, 11) is 14.4. The monoisotopic (exact) mass is 405 g/mol. The van der Waals surface area contributed by atoms with E-state index < -0.39 is 17.0 Å². The topological polar surface area (TPSA) is 23.5 Å². The molecule has 124 valence electrons. The average molecular weight is 406 g/mol. The predicted molar refractivity (Wildman–Crippen MR) is 101 cm³/mol. The van der Waals surface area contributed by atoms with Gasteiger partial charge in [0.05, 0.1) is 0 Å². The van der Waals surface area contributed by atoms with Gasteiger partial charge >= 0.3 is 35.6 Å². The summed E-state index contributed by atoms with van der Waals surface area (Å²) in [6.45, 7) is 5.02. The number of phenols is 1. The van der Waals surface area contributed by atoms with Crippen LogP contribution in [0.5, 0.6) is 5.75 Å². The first-order valence-electron chi connectivity index (χ1n) is 7.15. The molecule has 1 N–H and O–H groups in total. The summed E-state index contributed by atoms with van der Waals surface area (Å²) in [6.07, 6.45) is 0. The van der Waals surface area contributed by atoms with Gasteiger partial charge in [-0.05, 0) is 49.9 Å². The number of nitrogens with zero attached hydrogens (tertiary/aromatic N) is 1. The average Bonchev–Trinajstić information content (AvgIpc) is 2.47. The molecule has 6 heteroatoms. The van der Waals surface area contributed by atoms with Crippen LogP contribution in [-0.4, -0.2) is 24.1 Å². The summed E-state index contributed by atoms with van der Waals surface area (Å²) in [5.74, 6) is 0.435. The second-order valence-electron chi connectivity index (χ2n) is 5.51. The SMILES string of the molecule is Cc1cccc(Pc2c(C)cccc2CN(C)C)c1O.[Cl][Ti][Cl]. The Kier molecular flexibility index (Phi) is 9.77. The number of benzene rings is 2. The zero-order valence-corrected chi connectivity index (χ0v) is 17.9. The summed E-state index contributed by atoms with van der Waals surface area (Å²) < 4.78 is 0. The number of aromatic hydroxyl groups is 1. The van der Waals surface area contributed by atoms with E-state index in [1.165, 1.54) is 16.4 Å². The molecule has 0 saturated carbocycles. The molecular weight excluding hydrogens is 384 g/mol. The second-order valence-corrected chi connectivity index (χ2v) is 9.38. The van der Waals surface area contributed by atoms with E-state index in [2.05, 4.69) is 44.1 Å². The molecule has 2 nitrogen and oxygen atoms in total. The molecule has 0 radical (unpaired) electrons. The predicted octanol–water partition coefficient (Wildman–Crippen LogP) is 4.08. The second kappa shape index (κ2) is 10.7. The number of halogens is 2. The summed E-state index contributed by atoms with van der Waals surface area (Å²) >= 11 is -0.556. The van der Waals surface area contributed by atoms with Gasteiger partial charge in [-0.1, -0.05) is 45.0 Å². The number of para-hydroxylation sites is 1. The van der Waals surface area contributed by atoms with Crippen molar-refractivity contribution in [3.05, 3.63) is 53.1 Å². The standard InChI is InChI=1S/C17H22NOP.2ClH.Ti/c1-12-7-6-10-15(16(12)19)20-17-13(2)8-5-9-14(17)11-18(3)4;;;/h5-10,19-20H,11H2,1-4H3;2*1H;/q;;;+2/p-2. The fourth-order valence-electron chi connectivity index (χ4n) is 2.27. The van der Waals surface area contributed by atoms with Crippen LogP contribution in [0.15, 0.2) is 36.4 Å². The molecule has 23 heavy (non-hydrogen) atoms. The van der Waals surface area contributed by atoms with E-state index in [0.717, 1.165) is 17.4 Å². The Morgan fingerprint density at radius 1 is 1.04 bits per heavy atom. The van der Waals surface area contributed by atoms with Gasteiger partial charge in [-0.25, -0.2) is 0 Å². The summed E-state index contributed by atoms with van der Waals surface area (Å²) in [5, 5.41) is 12.6. The van der Waals surface area contributed by atoms with Crippen LogP contribution in [0.2, 0.25) is 0 Å². The Hall–Kier alpha value is -0.0757. The third-order valence-electron chi connectivity index (χ3n) is 3.34. The molecule has 2 aromatic rings. The fraction of sp³-hybridized carbons (Fsp3) is 0.294. The minimum absolute atomic E-state index is 0.435. The maximum atomic E-state index is 10.2. The molecule has 0 saturated heterocycles. The van der Waals surface area contributed by atoms with Crippen molar-refractivity contribution < 1.29 is 22.1 Å². The number of rotatable bonds is 4. The van der Waals surface area contributed by atoms with Crippen molar-refractivity contribution in [1.29, 1.82) is 0 Å². The Bertz CT molecular complexity index is 638. The van der Waals surface area contributed by atoms with Crippen molar-refractivity contribution >= 4 is 37.8 Å². The minimum atomic E-state index is -0.556. The van der Waals surface area contributed by atoms with Gasteiger partial charge < -0.3 is 10.0 Å². The van der Waals surface area contributed by atoms with Gasteiger partial charge in [0, 0.05) is 11.8 Å². The number of aryl methyl sites for hydroxylation is 2. The molecular formula is C17H22Cl2NOPTi. The number of hydrogen-bond acceptors (Lipinski definition) is 2. The maximum absolute atomic E-state index is 10.2. The molecule has 0 aliphatic carbocycles. The van der Waals surface area contributed by atoms with Crippen molar-refractivity contribution in [2.75, 3.05) is 14.1 Å². The zero-order valence-electron chi connectivity index (χ0n) is 13.8. The third-order valence-corrected chi connectivity index (χ3v) is 4.98. The van der Waals surface area contributed by atoms with E-state index in [4.69, 9.17) is 18.6 Å². The van der Waals surface area contributed by atoms with Crippen LogP contribution in [0.3, 0.4) is 0 Å². The van der Waals surface area contributed by atoms with Gasteiger partial charge in [-0.3, -0.25) is 0 Å². The van der Waals surface area contributed by atoms with Crippen molar-refractivity contribution in [1.82, 2.24) is 4.90 Å². The van der Waals surface area contributed by atoms with E-state index in [1.807, 2.05) is 25.1 Å².